The first-order chi connectivity index (χ1) is 6.75. The lowest BCUT2D eigenvalue weighted by Crippen LogP contribution is -2.08. The van der Waals surface area contributed by atoms with Crippen LogP contribution in [0.25, 0.3) is 0 Å². The molecule has 0 aromatic carbocycles. The van der Waals surface area contributed by atoms with E-state index in [0.29, 0.717) is 0 Å². The van der Waals surface area contributed by atoms with E-state index in [9.17, 15) is 4.57 Å². The number of phosphoric ester groups is 1. The molecule has 0 unspecified atom stereocenters. The second-order valence-corrected chi connectivity index (χ2v) is 5.45. The highest BCUT2D eigenvalue weighted by molar-refractivity contribution is 7.48. The number of hydrogen-bond donors (Lipinski definition) is 0. The fourth-order valence-corrected chi connectivity index (χ4v) is 2.15. The second kappa shape index (κ2) is 6.48. The third-order valence-electron chi connectivity index (χ3n) is 0.946. The predicted octanol–water partition coefficient (Wildman–Crippen LogP) is 3.53. The van der Waals surface area contributed by atoms with Gasteiger partial charge in [0.05, 0.1) is 12.2 Å². The van der Waals surface area contributed by atoms with Gasteiger partial charge >= 0.3 is 7.82 Å². The molecule has 0 saturated carbocycles. The van der Waals surface area contributed by atoms with Crippen molar-refractivity contribution in [1.82, 2.24) is 0 Å². The minimum Gasteiger partial charge on any atom is -0.291 e. The van der Waals surface area contributed by atoms with Crippen molar-refractivity contribution in [1.29, 1.82) is 0 Å². The molecule has 5 nitrogen and oxygen atoms in total. The van der Waals surface area contributed by atoms with E-state index in [1.807, 2.05) is 0 Å². The van der Waals surface area contributed by atoms with Crippen molar-refractivity contribution in [2.45, 2.75) is 46.8 Å². The summed E-state index contributed by atoms with van der Waals surface area (Å²) in [6.45, 7) is 8.37. The van der Waals surface area contributed by atoms with E-state index in [-0.39, 0.29) is 17.4 Å². The van der Waals surface area contributed by atoms with Crippen LogP contribution in [0.15, 0.2) is 5.16 Å². The van der Waals surface area contributed by atoms with E-state index in [0.717, 1.165) is 0 Å². The number of oxime groups is 1. The van der Waals surface area contributed by atoms with Gasteiger partial charge in [0.1, 0.15) is 5.17 Å². The number of nitrogens with zero attached hydrogens (tertiary/aromatic N) is 1. The van der Waals surface area contributed by atoms with Gasteiger partial charge in [0.2, 0.25) is 0 Å². The number of hydrogen-bond acceptors (Lipinski definition) is 5. The fourth-order valence-electron chi connectivity index (χ4n) is 0.686. The van der Waals surface area contributed by atoms with Crippen LogP contribution in [0.5, 0.6) is 0 Å². The lowest BCUT2D eigenvalue weighted by Gasteiger charge is -2.18. The van der Waals surface area contributed by atoms with Gasteiger partial charge in [-0.2, -0.15) is 0 Å². The van der Waals surface area contributed by atoms with E-state index in [2.05, 4.69) is 9.78 Å². The van der Waals surface area contributed by atoms with Crippen LogP contribution in [0.2, 0.25) is 0 Å². The molecular weight excluding hydrogens is 241 g/mol. The summed E-state index contributed by atoms with van der Waals surface area (Å²) in [6.07, 6.45) is -0.583. The maximum Gasteiger partial charge on any atom is 0.551 e. The standard InChI is InChI=1S/C8H17ClNO4P/c1-6(2)12-15(11,13-7(3)4)14-10-8(5)9/h6-7H,1-5H3. The topological polar surface area (TPSA) is 57.1 Å². The molecule has 0 bridgehead atoms. The number of halogens is 1. The monoisotopic (exact) mass is 257 g/mol. The molecular formula is C8H17ClNO4P. The van der Waals surface area contributed by atoms with Gasteiger partial charge in [0.15, 0.2) is 0 Å². The van der Waals surface area contributed by atoms with Crippen LogP contribution < -0.4 is 0 Å². The molecule has 0 aliphatic carbocycles. The molecule has 0 amide bonds. The van der Waals surface area contributed by atoms with E-state index in [4.69, 9.17) is 20.6 Å². The molecule has 0 radical (unpaired) electrons. The molecule has 0 fully saturated rings. The molecule has 0 rings (SSSR count). The highest BCUT2D eigenvalue weighted by atomic mass is 35.5. The summed E-state index contributed by atoms with van der Waals surface area (Å²) in [5, 5.41) is 3.49. The van der Waals surface area contributed by atoms with Crippen LogP contribution >= 0.6 is 19.4 Å². The van der Waals surface area contributed by atoms with Crippen molar-refractivity contribution in [3.63, 3.8) is 0 Å². The zero-order valence-electron chi connectivity index (χ0n) is 9.56. The van der Waals surface area contributed by atoms with Crippen LogP contribution in [-0.2, 0) is 18.2 Å². The third-order valence-corrected chi connectivity index (χ3v) is 2.66. The first-order valence-corrected chi connectivity index (χ1v) is 6.44. The summed E-state index contributed by atoms with van der Waals surface area (Å²) >= 11 is 5.45. The Morgan fingerprint density at radius 1 is 1.20 bits per heavy atom. The first kappa shape index (κ1) is 14.9. The average Bonchev–Trinajstić information content (AvgIpc) is 1.97. The van der Waals surface area contributed by atoms with E-state index < -0.39 is 7.82 Å². The normalized spacial score (nSPS) is 13.7. The van der Waals surface area contributed by atoms with Gasteiger partial charge in [-0.05, 0) is 34.6 Å². The predicted molar refractivity (Wildman–Crippen MR) is 60.1 cm³/mol. The van der Waals surface area contributed by atoms with Crippen LogP contribution in [0, 0.1) is 0 Å². The zero-order chi connectivity index (χ0) is 12.1. The molecule has 0 aromatic heterocycles. The van der Waals surface area contributed by atoms with E-state index in [1.165, 1.54) is 6.92 Å². The SMILES string of the molecule is CC(Cl)=NOP(=O)(OC(C)C)OC(C)C. The van der Waals surface area contributed by atoms with Crippen LogP contribution in [0.1, 0.15) is 34.6 Å². The van der Waals surface area contributed by atoms with Gasteiger partial charge in [-0.1, -0.05) is 16.8 Å². The van der Waals surface area contributed by atoms with Gasteiger partial charge in [0.25, 0.3) is 0 Å². The Labute approximate surface area is 95.3 Å². The van der Waals surface area contributed by atoms with Crippen LogP contribution in [-0.4, -0.2) is 17.4 Å². The Morgan fingerprint density at radius 2 is 1.60 bits per heavy atom. The Kier molecular flexibility index (Phi) is 6.44. The molecule has 0 spiro atoms. The van der Waals surface area contributed by atoms with Gasteiger partial charge in [-0.3, -0.25) is 13.7 Å². The zero-order valence-corrected chi connectivity index (χ0v) is 11.2. The number of rotatable bonds is 6. The number of phosphoric acid groups is 1. The minimum absolute atomic E-state index is 0.120. The summed E-state index contributed by atoms with van der Waals surface area (Å²) in [5.41, 5.74) is 0. The maximum absolute atomic E-state index is 11.9. The summed E-state index contributed by atoms with van der Waals surface area (Å²) in [7, 11) is -3.66. The van der Waals surface area contributed by atoms with E-state index in [1.54, 1.807) is 27.7 Å². The summed E-state index contributed by atoms with van der Waals surface area (Å²) in [5.74, 6) is 0. The lowest BCUT2D eigenvalue weighted by atomic mass is 10.5. The fraction of sp³-hybridized carbons (Fsp3) is 0.875. The van der Waals surface area contributed by atoms with Crippen molar-refractivity contribution in [3.05, 3.63) is 0 Å². The third kappa shape index (κ3) is 7.79. The smallest absolute Gasteiger partial charge is 0.291 e. The quantitative estimate of drug-likeness (QED) is 0.415. The van der Waals surface area contributed by atoms with Gasteiger partial charge in [-0.15, -0.1) is 0 Å². The average molecular weight is 258 g/mol. The van der Waals surface area contributed by atoms with Crippen LogP contribution in [0.3, 0.4) is 0 Å². The first-order valence-electron chi connectivity index (χ1n) is 4.61. The molecule has 90 valence electrons. The molecule has 0 atom stereocenters. The lowest BCUT2D eigenvalue weighted by molar-refractivity contribution is 0.0741. The summed E-state index contributed by atoms with van der Waals surface area (Å²) < 4.78 is 26.7. The largest absolute Gasteiger partial charge is 0.551 e. The molecule has 0 aliphatic heterocycles. The molecule has 0 heterocycles. The van der Waals surface area contributed by atoms with E-state index >= 15 is 0 Å². The Hall–Kier alpha value is -0.0900. The van der Waals surface area contributed by atoms with Crippen molar-refractivity contribution < 1.29 is 18.2 Å². The Morgan fingerprint density at radius 3 is 1.87 bits per heavy atom. The Bertz CT molecular complexity index is 249. The molecule has 0 aliphatic rings. The highest BCUT2D eigenvalue weighted by Crippen LogP contribution is 2.51. The minimum atomic E-state index is -3.66. The Balaban J connectivity index is 4.55. The highest BCUT2D eigenvalue weighted by Gasteiger charge is 2.31. The molecule has 0 N–H and O–H groups in total. The van der Waals surface area contributed by atoms with Crippen molar-refractivity contribution in [2.24, 2.45) is 5.16 Å². The van der Waals surface area contributed by atoms with Crippen molar-refractivity contribution in [3.8, 4) is 0 Å². The molecule has 7 heteroatoms. The summed E-state index contributed by atoms with van der Waals surface area (Å²) in [4.78, 5) is 0. The maximum atomic E-state index is 11.9. The molecule has 0 saturated heterocycles. The van der Waals surface area contributed by atoms with Crippen molar-refractivity contribution in [2.75, 3.05) is 0 Å². The second-order valence-electron chi connectivity index (χ2n) is 3.43. The molecule has 0 aromatic rings. The van der Waals surface area contributed by atoms with Crippen LogP contribution in [0.4, 0.5) is 0 Å². The van der Waals surface area contributed by atoms with Crippen molar-refractivity contribution >= 4 is 24.6 Å². The van der Waals surface area contributed by atoms with Gasteiger partial charge in [-0.25, -0.2) is 4.57 Å². The summed E-state index contributed by atoms with van der Waals surface area (Å²) in [6, 6.07) is 0. The van der Waals surface area contributed by atoms with Gasteiger partial charge < -0.3 is 0 Å². The van der Waals surface area contributed by atoms with Gasteiger partial charge in [0, 0.05) is 0 Å². The molecule has 15 heavy (non-hydrogen) atoms.